The molecule has 0 radical (unpaired) electrons. The average Bonchev–Trinajstić information content (AvgIpc) is 2.49. The molecule has 0 spiro atoms. The maximum atomic E-state index is 12.6. The molecule has 1 atom stereocenters. The molecule has 3 saturated carbocycles. The van der Waals surface area contributed by atoms with Gasteiger partial charge in [0.05, 0.1) is 15.5 Å². The molecule has 3 aliphatic rings. The Kier molecular flexibility index (Phi) is 5.63. The highest BCUT2D eigenvalue weighted by atomic mass is 35.5. The van der Waals surface area contributed by atoms with Crippen LogP contribution in [0.25, 0.3) is 0 Å². The normalized spacial score (nSPS) is 26.8. The third-order valence-corrected chi connectivity index (χ3v) is 7.48. The van der Waals surface area contributed by atoms with Crippen LogP contribution in [0.4, 0.5) is 5.69 Å². The lowest BCUT2D eigenvalue weighted by Gasteiger charge is -2.69. The molecule has 2 amide bonds. The van der Waals surface area contributed by atoms with Crippen molar-refractivity contribution in [2.24, 2.45) is 11.3 Å². The van der Waals surface area contributed by atoms with E-state index in [1.165, 1.54) is 0 Å². The van der Waals surface area contributed by atoms with Gasteiger partial charge in [-0.3, -0.25) is 14.2 Å². The first-order chi connectivity index (χ1) is 12.9. The summed E-state index contributed by atoms with van der Waals surface area (Å²) in [4.78, 5) is 44.1. The van der Waals surface area contributed by atoms with Gasteiger partial charge in [0.2, 0.25) is 11.8 Å². The summed E-state index contributed by atoms with van der Waals surface area (Å²) in [6, 6.07) is 4.83. The van der Waals surface area contributed by atoms with E-state index in [2.05, 4.69) is 10.6 Å². The maximum absolute atomic E-state index is 12.6. The predicted octanol–water partition coefficient (Wildman–Crippen LogP) is 3.56. The molecule has 0 heterocycles. The summed E-state index contributed by atoms with van der Waals surface area (Å²) in [6.07, 6.45) is 1.46. The van der Waals surface area contributed by atoms with Gasteiger partial charge in [-0.15, -0.1) is 0 Å². The molecule has 4 rings (SSSR count). The molecule has 1 unspecified atom stereocenters. The predicted molar refractivity (Wildman–Crippen MR) is 108 cm³/mol. The molecule has 3 aliphatic carbocycles. The van der Waals surface area contributed by atoms with Crippen LogP contribution in [0.2, 0.25) is 10.0 Å². The number of carbonyl (C=O) groups excluding carboxylic acids is 2. The number of nitrogens with one attached hydrogen (secondary N) is 2. The van der Waals surface area contributed by atoms with Crippen LogP contribution in [0.5, 0.6) is 0 Å². The highest BCUT2D eigenvalue weighted by Crippen LogP contribution is 2.67. The van der Waals surface area contributed by atoms with Crippen LogP contribution in [0.1, 0.15) is 39.5 Å². The van der Waals surface area contributed by atoms with Crippen LogP contribution in [0.3, 0.4) is 0 Å². The summed E-state index contributed by atoms with van der Waals surface area (Å²) in [5.74, 6) is -0.823. The lowest BCUT2D eigenvalue weighted by Crippen LogP contribution is -2.78. The van der Waals surface area contributed by atoms with Crippen molar-refractivity contribution in [3.05, 3.63) is 28.2 Å². The highest BCUT2D eigenvalue weighted by molar-refractivity contribution is 7.53. The Bertz CT molecular complexity index is 850. The molecular formula is C18H23Cl2N2O5P. The quantitative estimate of drug-likeness (QED) is 0.475. The molecule has 10 heteroatoms. The molecule has 4 N–H and O–H groups in total. The number of halogens is 2. The van der Waals surface area contributed by atoms with Crippen molar-refractivity contribution in [2.75, 3.05) is 5.32 Å². The number of rotatable bonds is 7. The van der Waals surface area contributed by atoms with Crippen LogP contribution in [0.15, 0.2) is 18.2 Å². The molecule has 1 aromatic carbocycles. The van der Waals surface area contributed by atoms with Crippen molar-refractivity contribution in [1.29, 1.82) is 0 Å². The first-order valence-electron chi connectivity index (χ1n) is 9.00. The smallest absolute Gasteiger partial charge is 0.337 e. The number of benzene rings is 1. The van der Waals surface area contributed by atoms with Gasteiger partial charge in [-0.2, -0.15) is 0 Å². The summed E-state index contributed by atoms with van der Waals surface area (Å²) in [7, 11) is -4.55. The van der Waals surface area contributed by atoms with E-state index in [4.69, 9.17) is 23.2 Å². The number of anilines is 1. The Hall–Kier alpha value is -1.11. The minimum Gasteiger partial charge on any atom is -0.350 e. The second kappa shape index (κ2) is 7.29. The number of hydrogen-bond donors (Lipinski definition) is 4. The Morgan fingerprint density at radius 1 is 1.18 bits per heavy atom. The number of hydrogen-bond acceptors (Lipinski definition) is 3. The second-order valence-corrected chi connectivity index (χ2v) is 11.0. The summed E-state index contributed by atoms with van der Waals surface area (Å²) in [5.41, 5.74) is -1.92. The fourth-order valence-corrected chi connectivity index (χ4v) is 5.55. The van der Waals surface area contributed by atoms with E-state index < -0.39 is 30.1 Å². The topological polar surface area (TPSA) is 116 Å². The Balaban J connectivity index is 1.58. The lowest BCUT2D eigenvalue weighted by molar-refractivity contribution is -0.178. The summed E-state index contributed by atoms with van der Waals surface area (Å²) in [6.45, 7) is 3.61. The molecule has 28 heavy (non-hydrogen) atoms. The third-order valence-electron chi connectivity index (χ3n) is 5.48. The zero-order chi connectivity index (χ0) is 20.9. The van der Waals surface area contributed by atoms with Crippen molar-refractivity contribution in [3.63, 3.8) is 0 Å². The molecular weight excluding hydrogens is 426 g/mol. The molecule has 1 aromatic rings. The standard InChI is InChI=1S/C18H23Cl2N2O5P/c1-10(2)5-14(28(25,26)27)15(23)22-18-7-17(8-18,9-18)16(24)21-11-3-4-12(19)13(20)6-11/h3-4,6,10,14H,5,7-9H2,1-2H3,(H,21,24)(H,22,23)(H2,25,26,27). The summed E-state index contributed by atoms with van der Waals surface area (Å²) >= 11 is 11.8. The third kappa shape index (κ3) is 4.10. The van der Waals surface area contributed by atoms with Crippen molar-refractivity contribution < 1.29 is 23.9 Å². The molecule has 2 bridgehead atoms. The van der Waals surface area contributed by atoms with Crippen LogP contribution in [-0.2, 0) is 14.2 Å². The van der Waals surface area contributed by atoms with Crippen LogP contribution in [-0.4, -0.2) is 32.8 Å². The molecule has 0 aromatic heterocycles. The van der Waals surface area contributed by atoms with E-state index in [0.717, 1.165) is 0 Å². The summed E-state index contributed by atoms with van der Waals surface area (Å²) < 4.78 is 11.7. The van der Waals surface area contributed by atoms with E-state index in [1.54, 1.807) is 32.0 Å². The zero-order valence-electron chi connectivity index (χ0n) is 15.5. The Labute approximate surface area is 173 Å². The maximum Gasteiger partial charge on any atom is 0.337 e. The van der Waals surface area contributed by atoms with Crippen LogP contribution >= 0.6 is 30.8 Å². The van der Waals surface area contributed by atoms with E-state index in [1.807, 2.05) is 0 Å². The molecule has 7 nitrogen and oxygen atoms in total. The van der Waals surface area contributed by atoms with Gasteiger partial charge in [0.15, 0.2) is 0 Å². The van der Waals surface area contributed by atoms with Gasteiger partial charge in [0.1, 0.15) is 5.66 Å². The Morgan fingerprint density at radius 3 is 2.29 bits per heavy atom. The van der Waals surface area contributed by atoms with E-state index in [0.29, 0.717) is 35.0 Å². The monoisotopic (exact) mass is 448 g/mol. The second-order valence-electron chi connectivity index (χ2n) is 8.40. The minimum atomic E-state index is -4.55. The molecule has 0 saturated heterocycles. The van der Waals surface area contributed by atoms with Gasteiger partial charge >= 0.3 is 7.60 Å². The van der Waals surface area contributed by atoms with Crippen LogP contribution < -0.4 is 10.6 Å². The van der Waals surface area contributed by atoms with Crippen molar-refractivity contribution in [2.45, 2.75) is 50.7 Å². The van der Waals surface area contributed by atoms with E-state index in [-0.39, 0.29) is 18.2 Å². The fraction of sp³-hybridized carbons (Fsp3) is 0.556. The zero-order valence-corrected chi connectivity index (χ0v) is 17.9. The first kappa shape index (κ1) is 21.6. The van der Waals surface area contributed by atoms with Gasteiger partial charge in [0, 0.05) is 11.2 Å². The lowest BCUT2D eigenvalue weighted by atomic mass is 9.39. The van der Waals surface area contributed by atoms with Crippen molar-refractivity contribution in [1.82, 2.24) is 5.32 Å². The van der Waals surface area contributed by atoms with Gasteiger partial charge in [0.25, 0.3) is 0 Å². The first-order valence-corrected chi connectivity index (χ1v) is 11.4. The van der Waals surface area contributed by atoms with Gasteiger partial charge in [-0.05, 0) is 49.8 Å². The largest absolute Gasteiger partial charge is 0.350 e. The summed E-state index contributed by atoms with van der Waals surface area (Å²) in [5, 5.41) is 6.33. The fourth-order valence-electron chi connectivity index (χ4n) is 4.19. The molecule has 0 aliphatic heterocycles. The average molecular weight is 449 g/mol. The Morgan fingerprint density at radius 2 is 1.79 bits per heavy atom. The van der Waals surface area contributed by atoms with Crippen LogP contribution in [0, 0.1) is 11.3 Å². The minimum absolute atomic E-state index is 0.0280. The van der Waals surface area contributed by atoms with Gasteiger partial charge in [-0.25, -0.2) is 0 Å². The highest BCUT2D eigenvalue weighted by Gasteiger charge is 2.72. The van der Waals surface area contributed by atoms with Gasteiger partial charge < -0.3 is 20.4 Å². The molecule has 154 valence electrons. The number of amides is 2. The van der Waals surface area contributed by atoms with Crippen molar-refractivity contribution in [3.8, 4) is 0 Å². The SMILES string of the molecule is CC(C)CC(C(=O)NC12CC(C(=O)Nc3ccc(Cl)c(Cl)c3)(C1)C2)P(=O)(O)O. The van der Waals surface area contributed by atoms with Gasteiger partial charge in [-0.1, -0.05) is 37.0 Å². The van der Waals surface area contributed by atoms with E-state index in [9.17, 15) is 23.9 Å². The van der Waals surface area contributed by atoms with E-state index >= 15 is 0 Å². The molecule has 3 fully saturated rings. The van der Waals surface area contributed by atoms with Crippen molar-refractivity contribution >= 4 is 48.3 Å². The number of carbonyl (C=O) groups is 2.